The third-order valence-corrected chi connectivity index (χ3v) is 3.02. The maximum absolute atomic E-state index is 11.2. The summed E-state index contributed by atoms with van der Waals surface area (Å²) in [5.41, 5.74) is 0. The average Bonchev–Trinajstić information content (AvgIpc) is 2.56. The predicted molar refractivity (Wildman–Crippen MR) is 100 cm³/mol. The van der Waals surface area contributed by atoms with Gasteiger partial charge in [-0.25, -0.2) is 0 Å². The number of methoxy groups -OCH3 is 1. The van der Waals surface area contributed by atoms with Crippen molar-refractivity contribution in [2.24, 2.45) is 0 Å². The van der Waals surface area contributed by atoms with Crippen molar-refractivity contribution in [2.45, 2.75) is 58.3 Å². The number of carbonyl (C=O) groups excluding carboxylic acids is 1. The Morgan fingerprint density at radius 1 is 0.826 bits per heavy atom. The summed E-state index contributed by atoms with van der Waals surface area (Å²) >= 11 is 0. The van der Waals surface area contributed by atoms with Crippen molar-refractivity contribution < 1.29 is 13.6 Å². The molecule has 0 aliphatic rings. The van der Waals surface area contributed by atoms with Crippen molar-refractivity contribution in [2.75, 3.05) is 7.04 Å². The van der Waals surface area contributed by atoms with E-state index in [1.54, 1.807) is 0 Å². The van der Waals surface area contributed by atoms with Gasteiger partial charge in [0.1, 0.15) is 0 Å². The summed E-state index contributed by atoms with van der Waals surface area (Å²) in [5, 5.41) is 0. The molecule has 0 rings (SSSR count). The molecule has 0 N–H and O–H groups in total. The second kappa shape index (κ2) is 18.2. The first-order valence-electron chi connectivity index (χ1n) is 9.92. The third-order valence-electron chi connectivity index (χ3n) is 3.02. The van der Waals surface area contributed by atoms with Gasteiger partial charge in [-0.15, -0.1) is 0 Å². The van der Waals surface area contributed by atoms with Gasteiger partial charge in [-0.2, -0.15) is 0 Å². The second-order valence-corrected chi connectivity index (χ2v) is 5.07. The first kappa shape index (κ1) is 16.0. The molecule has 0 atom stereocenters. The van der Waals surface area contributed by atoms with Crippen molar-refractivity contribution in [3.63, 3.8) is 0 Å². The van der Waals surface area contributed by atoms with Crippen LogP contribution in [0.5, 0.6) is 0 Å². The van der Waals surface area contributed by atoms with E-state index in [9.17, 15) is 4.79 Å². The monoisotopic (exact) mass is 319 g/mol. The first-order chi connectivity index (χ1) is 12.5. The number of unbranched alkanes of at least 4 members (excludes halogenated alkanes) is 1. The molecule has 0 radical (unpaired) electrons. The highest BCUT2D eigenvalue weighted by atomic mass is 16.5. The van der Waals surface area contributed by atoms with Gasteiger partial charge in [0.25, 0.3) is 0 Å². The zero-order chi connectivity index (χ0) is 19.5. The van der Waals surface area contributed by atoms with Gasteiger partial charge >= 0.3 is 5.97 Å². The molecule has 0 saturated heterocycles. The van der Waals surface area contributed by atoms with Crippen LogP contribution in [0.4, 0.5) is 0 Å². The zero-order valence-electron chi connectivity index (χ0n) is 17.2. The van der Waals surface area contributed by atoms with Crippen LogP contribution in [-0.4, -0.2) is 13.0 Å². The molecular formula is C21H32O2. The Morgan fingerprint density at radius 2 is 1.30 bits per heavy atom. The second-order valence-electron chi connectivity index (χ2n) is 5.07. The number of carbonyl (C=O) groups is 1. The summed E-state index contributed by atoms with van der Waals surface area (Å²) in [4.78, 5) is 11.2. The Kier molecular flexibility index (Phi) is 12.7. The van der Waals surface area contributed by atoms with Gasteiger partial charge in [0.2, 0.25) is 0 Å². The molecule has 128 valence electrons. The maximum Gasteiger partial charge on any atom is 0.305 e. The van der Waals surface area contributed by atoms with Gasteiger partial charge in [-0.3, -0.25) is 4.79 Å². The van der Waals surface area contributed by atoms with Gasteiger partial charge < -0.3 is 4.74 Å². The standard InChI is InChI=1S/C21H32O2/c1-3-4-5-6-7-8-9-10-11-12-13-14-15-16-17-18-19-20-21(22)23-2/h4-5,7-8,10-11,13-14,16-17H,3,6,9,12,15,18-20H2,1-2H3/b5-4-,8-7-,11-10-,14-13-,17-16-/i2D3. The van der Waals surface area contributed by atoms with Crippen molar-refractivity contribution in [3.05, 3.63) is 60.8 Å². The summed E-state index contributed by atoms with van der Waals surface area (Å²) in [6.07, 6.45) is 27.6. The molecule has 0 aliphatic carbocycles. The molecule has 0 aromatic heterocycles. The molecule has 23 heavy (non-hydrogen) atoms. The SMILES string of the molecule is [2H]C([2H])([2H])OC(=O)CCC/C=C\C/C=C\C/C=C\C/C=C\C/C=C\CC. The molecule has 0 bridgehead atoms. The van der Waals surface area contributed by atoms with E-state index >= 15 is 0 Å². The molecular weight excluding hydrogens is 284 g/mol. The quantitative estimate of drug-likeness (QED) is 0.233. The molecule has 0 unspecified atom stereocenters. The lowest BCUT2D eigenvalue weighted by Gasteiger charge is -1.95. The minimum atomic E-state index is -2.63. The van der Waals surface area contributed by atoms with E-state index in [1.165, 1.54) is 0 Å². The number of hydrogen-bond donors (Lipinski definition) is 0. The summed E-state index contributed by atoms with van der Waals surface area (Å²) < 4.78 is 24.8. The normalized spacial score (nSPS) is 15.1. The highest BCUT2D eigenvalue weighted by Gasteiger charge is 1.96. The average molecular weight is 320 g/mol. The lowest BCUT2D eigenvalue weighted by atomic mass is 10.2. The summed E-state index contributed by atoms with van der Waals surface area (Å²) in [6, 6.07) is 0. The van der Waals surface area contributed by atoms with E-state index in [-0.39, 0.29) is 6.42 Å². The number of rotatable bonds is 13. The number of ether oxygens (including phenoxy) is 1. The van der Waals surface area contributed by atoms with E-state index in [0.29, 0.717) is 6.42 Å². The molecule has 0 heterocycles. The molecule has 0 spiro atoms. The lowest BCUT2D eigenvalue weighted by Crippen LogP contribution is -1.98. The Hall–Kier alpha value is -1.83. The molecule has 2 nitrogen and oxygen atoms in total. The van der Waals surface area contributed by atoms with Crippen LogP contribution < -0.4 is 0 Å². The van der Waals surface area contributed by atoms with Crippen LogP contribution >= 0.6 is 0 Å². The Balaban J connectivity index is 3.57. The van der Waals surface area contributed by atoms with Crippen molar-refractivity contribution >= 4 is 5.97 Å². The minimum absolute atomic E-state index is 0.132. The third kappa shape index (κ3) is 18.1. The van der Waals surface area contributed by atoms with Crippen molar-refractivity contribution in [3.8, 4) is 0 Å². The summed E-state index contributed by atoms with van der Waals surface area (Å²) in [5.74, 6) is -0.669. The molecule has 0 amide bonds. The summed E-state index contributed by atoms with van der Waals surface area (Å²) in [6.45, 7) is 2.13. The zero-order valence-corrected chi connectivity index (χ0v) is 14.2. The number of allylic oxidation sites excluding steroid dienone is 10. The highest BCUT2D eigenvalue weighted by Crippen LogP contribution is 2.00. The first-order valence-corrected chi connectivity index (χ1v) is 8.42. The Bertz CT molecular complexity index is 498. The van der Waals surface area contributed by atoms with E-state index in [4.69, 9.17) is 4.11 Å². The van der Waals surface area contributed by atoms with Gasteiger partial charge in [-0.05, 0) is 44.9 Å². The van der Waals surface area contributed by atoms with Crippen LogP contribution in [0.1, 0.15) is 62.4 Å². The molecule has 0 aromatic carbocycles. The molecule has 0 aliphatic heterocycles. The van der Waals surface area contributed by atoms with Crippen LogP contribution in [0, 0.1) is 0 Å². The smallest absolute Gasteiger partial charge is 0.305 e. The van der Waals surface area contributed by atoms with Crippen molar-refractivity contribution in [1.29, 1.82) is 0 Å². The fraction of sp³-hybridized carbons (Fsp3) is 0.476. The lowest BCUT2D eigenvalue weighted by molar-refractivity contribution is -0.140. The van der Waals surface area contributed by atoms with Crippen LogP contribution in [0.2, 0.25) is 0 Å². The van der Waals surface area contributed by atoms with E-state index in [0.717, 1.165) is 38.5 Å². The van der Waals surface area contributed by atoms with Crippen molar-refractivity contribution in [1.82, 2.24) is 0 Å². The largest absolute Gasteiger partial charge is 0.469 e. The Morgan fingerprint density at radius 3 is 1.78 bits per heavy atom. The van der Waals surface area contributed by atoms with Crippen LogP contribution in [-0.2, 0) is 9.53 Å². The van der Waals surface area contributed by atoms with E-state index in [1.807, 2.05) is 12.2 Å². The topological polar surface area (TPSA) is 26.3 Å². The minimum Gasteiger partial charge on any atom is -0.469 e. The highest BCUT2D eigenvalue weighted by molar-refractivity contribution is 5.69. The molecule has 0 fully saturated rings. The maximum atomic E-state index is 11.2. The fourth-order valence-electron chi connectivity index (χ4n) is 1.78. The molecule has 2 heteroatoms. The van der Waals surface area contributed by atoms with Crippen LogP contribution in [0.25, 0.3) is 0 Å². The summed E-state index contributed by atoms with van der Waals surface area (Å²) in [7, 11) is -2.63. The molecule has 0 saturated carbocycles. The fourth-order valence-corrected chi connectivity index (χ4v) is 1.78. The number of hydrogen-bond acceptors (Lipinski definition) is 2. The van der Waals surface area contributed by atoms with Gasteiger partial charge in [-0.1, -0.05) is 67.7 Å². The number of esters is 1. The van der Waals surface area contributed by atoms with Gasteiger partial charge in [0, 0.05) is 6.42 Å². The van der Waals surface area contributed by atoms with E-state index in [2.05, 4.69) is 60.3 Å². The molecule has 0 aromatic rings. The predicted octanol–water partition coefficient (Wildman–Crippen LogP) is 6.08. The van der Waals surface area contributed by atoms with E-state index < -0.39 is 13.0 Å². The van der Waals surface area contributed by atoms with Crippen LogP contribution in [0.15, 0.2) is 60.8 Å². The van der Waals surface area contributed by atoms with Gasteiger partial charge in [0.15, 0.2) is 0 Å². The van der Waals surface area contributed by atoms with Gasteiger partial charge in [0.05, 0.1) is 11.2 Å². The Labute approximate surface area is 146 Å². The van der Waals surface area contributed by atoms with Crippen LogP contribution in [0.3, 0.4) is 0 Å².